The Labute approximate surface area is 143 Å². The van der Waals surface area contributed by atoms with E-state index in [0.717, 1.165) is 5.56 Å². The molecule has 5 nitrogen and oxygen atoms in total. The van der Waals surface area contributed by atoms with Crippen LogP contribution in [0.3, 0.4) is 0 Å². The lowest BCUT2D eigenvalue weighted by Crippen LogP contribution is -2.42. The second-order valence-electron chi connectivity index (χ2n) is 6.99. The fourth-order valence-corrected chi connectivity index (χ4v) is 3.47. The second-order valence-corrected chi connectivity index (χ2v) is 6.99. The van der Waals surface area contributed by atoms with Crippen LogP contribution in [0, 0.1) is 11.8 Å². The molecule has 0 radical (unpaired) electrons. The second kappa shape index (κ2) is 7.21. The van der Waals surface area contributed by atoms with Crippen LogP contribution in [0.5, 0.6) is 0 Å². The maximum atomic E-state index is 12.3. The highest BCUT2D eigenvalue weighted by Gasteiger charge is 2.52. The summed E-state index contributed by atoms with van der Waals surface area (Å²) in [5.74, 6) is -0.955. The van der Waals surface area contributed by atoms with E-state index >= 15 is 0 Å². The monoisotopic (exact) mass is 334 g/mol. The smallest absolute Gasteiger partial charge is 0.312 e. The van der Waals surface area contributed by atoms with Crippen LogP contribution in [-0.2, 0) is 30.3 Å². The van der Waals surface area contributed by atoms with Gasteiger partial charge in [-0.25, -0.2) is 0 Å². The third kappa shape index (κ3) is 3.79. The number of hydrogen-bond donors (Lipinski definition) is 0. The van der Waals surface area contributed by atoms with E-state index < -0.39 is 5.79 Å². The highest BCUT2D eigenvalue weighted by molar-refractivity contribution is 5.74. The topological polar surface area (TPSA) is 54.0 Å². The van der Waals surface area contributed by atoms with E-state index in [1.54, 1.807) is 7.11 Å². The van der Waals surface area contributed by atoms with Crippen LogP contribution in [-0.4, -0.2) is 37.7 Å². The molecule has 3 rings (SSSR count). The molecular formula is C19H26O5. The van der Waals surface area contributed by atoms with Crippen LogP contribution in [0.25, 0.3) is 0 Å². The molecule has 2 aliphatic heterocycles. The van der Waals surface area contributed by atoms with Gasteiger partial charge in [0.15, 0.2) is 5.79 Å². The first-order valence-corrected chi connectivity index (χ1v) is 8.56. The first-order chi connectivity index (χ1) is 11.5. The van der Waals surface area contributed by atoms with Gasteiger partial charge in [-0.05, 0) is 12.5 Å². The molecule has 1 unspecified atom stereocenters. The van der Waals surface area contributed by atoms with E-state index in [1.807, 2.05) is 44.2 Å². The molecule has 24 heavy (non-hydrogen) atoms. The van der Waals surface area contributed by atoms with Crippen molar-refractivity contribution in [2.45, 2.75) is 51.3 Å². The van der Waals surface area contributed by atoms with Crippen LogP contribution in [0.15, 0.2) is 30.3 Å². The van der Waals surface area contributed by atoms with Crippen molar-refractivity contribution in [3.05, 3.63) is 35.9 Å². The molecule has 2 heterocycles. The number of hydrogen-bond acceptors (Lipinski definition) is 5. The van der Waals surface area contributed by atoms with Crippen molar-refractivity contribution in [1.29, 1.82) is 0 Å². The van der Waals surface area contributed by atoms with Gasteiger partial charge < -0.3 is 18.9 Å². The third-order valence-corrected chi connectivity index (χ3v) is 5.03. The van der Waals surface area contributed by atoms with Gasteiger partial charge >= 0.3 is 5.97 Å². The molecule has 2 aliphatic rings. The van der Waals surface area contributed by atoms with E-state index in [2.05, 4.69) is 0 Å². The molecule has 0 N–H and O–H groups in total. The summed E-state index contributed by atoms with van der Waals surface area (Å²) >= 11 is 0. The maximum absolute atomic E-state index is 12.3. The number of esters is 1. The van der Waals surface area contributed by atoms with Crippen molar-refractivity contribution in [1.82, 2.24) is 0 Å². The van der Waals surface area contributed by atoms with Gasteiger partial charge in [0.2, 0.25) is 0 Å². The standard InChI is InChI=1S/C19H26O5/c1-13(11-22-12-14-7-5-4-6-8-14)16-9-17-15(18(20)23-16)10-19(2,21-3)24-17/h4-8,13,15-17H,9-12H2,1-3H3/t13-,15+,16+,17+,19?/m0/s1. The summed E-state index contributed by atoms with van der Waals surface area (Å²) in [6.45, 7) is 5.04. The van der Waals surface area contributed by atoms with Gasteiger partial charge in [-0.3, -0.25) is 4.79 Å². The van der Waals surface area contributed by atoms with Crippen LogP contribution in [0.1, 0.15) is 32.3 Å². The van der Waals surface area contributed by atoms with E-state index in [9.17, 15) is 4.79 Å². The zero-order chi connectivity index (χ0) is 17.2. The number of methoxy groups -OCH3 is 1. The van der Waals surface area contributed by atoms with Crippen LogP contribution >= 0.6 is 0 Å². The van der Waals surface area contributed by atoms with Gasteiger partial charge in [-0.1, -0.05) is 37.3 Å². The molecule has 2 saturated heterocycles. The zero-order valence-electron chi connectivity index (χ0n) is 14.6. The van der Waals surface area contributed by atoms with Crippen molar-refractivity contribution in [3.8, 4) is 0 Å². The first kappa shape index (κ1) is 17.4. The number of cyclic esters (lactones) is 1. The van der Waals surface area contributed by atoms with E-state index in [1.165, 1.54) is 0 Å². The number of fused-ring (bicyclic) bond motifs is 1. The summed E-state index contributed by atoms with van der Waals surface area (Å²) in [6, 6.07) is 10.0. The lowest BCUT2D eigenvalue weighted by atomic mass is 9.88. The highest BCUT2D eigenvalue weighted by Crippen LogP contribution is 2.42. The van der Waals surface area contributed by atoms with Gasteiger partial charge in [-0.15, -0.1) is 0 Å². The van der Waals surface area contributed by atoms with Crippen molar-refractivity contribution >= 4 is 5.97 Å². The Morgan fingerprint density at radius 3 is 2.79 bits per heavy atom. The molecule has 0 aromatic heterocycles. The minimum atomic E-state index is -0.684. The predicted octanol–water partition coefficient (Wildman–Crippen LogP) is 2.92. The average molecular weight is 334 g/mol. The molecule has 5 atom stereocenters. The highest BCUT2D eigenvalue weighted by atomic mass is 16.7. The Bertz CT molecular complexity index is 560. The van der Waals surface area contributed by atoms with E-state index in [0.29, 0.717) is 26.1 Å². The Balaban J connectivity index is 1.51. The summed E-state index contributed by atoms with van der Waals surface area (Å²) in [4.78, 5) is 12.3. The van der Waals surface area contributed by atoms with Gasteiger partial charge in [0, 0.05) is 25.9 Å². The molecule has 1 aromatic rings. The largest absolute Gasteiger partial charge is 0.462 e. The molecule has 1 aromatic carbocycles. The molecule has 2 fully saturated rings. The summed E-state index contributed by atoms with van der Waals surface area (Å²) in [6.07, 6.45) is 0.954. The van der Waals surface area contributed by atoms with Crippen molar-refractivity contribution in [2.75, 3.05) is 13.7 Å². The third-order valence-electron chi connectivity index (χ3n) is 5.03. The minimum absolute atomic E-state index is 0.122. The number of carbonyl (C=O) groups excluding carboxylic acids is 1. The average Bonchev–Trinajstić information content (AvgIpc) is 2.93. The number of ether oxygens (including phenoxy) is 4. The molecule has 0 amide bonds. The summed E-state index contributed by atoms with van der Waals surface area (Å²) in [5.41, 5.74) is 1.14. The van der Waals surface area contributed by atoms with E-state index in [4.69, 9.17) is 18.9 Å². The molecular weight excluding hydrogens is 308 g/mol. The molecule has 0 spiro atoms. The Morgan fingerprint density at radius 1 is 1.33 bits per heavy atom. The summed E-state index contributed by atoms with van der Waals surface area (Å²) in [7, 11) is 1.61. The minimum Gasteiger partial charge on any atom is -0.462 e. The van der Waals surface area contributed by atoms with Gasteiger partial charge in [0.1, 0.15) is 6.10 Å². The van der Waals surface area contributed by atoms with Crippen LogP contribution in [0.2, 0.25) is 0 Å². The summed E-state index contributed by atoms with van der Waals surface area (Å²) in [5, 5.41) is 0. The van der Waals surface area contributed by atoms with Gasteiger partial charge in [0.25, 0.3) is 0 Å². The normalized spacial score (nSPS) is 33.8. The summed E-state index contributed by atoms with van der Waals surface area (Å²) < 4.78 is 22.8. The van der Waals surface area contributed by atoms with Gasteiger partial charge in [0.05, 0.1) is 25.2 Å². The molecule has 5 heteroatoms. The molecule has 0 saturated carbocycles. The lowest BCUT2D eigenvalue weighted by Gasteiger charge is -2.33. The molecule has 0 aliphatic carbocycles. The zero-order valence-corrected chi connectivity index (χ0v) is 14.6. The van der Waals surface area contributed by atoms with Crippen LogP contribution in [0.4, 0.5) is 0 Å². The Kier molecular flexibility index (Phi) is 5.23. The van der Waals surface area contributed by atoms with Crippen LogP contribution < -0.4 is 0 Å². The molecule has 0 bridgehead atoms. The fraction of sp³-hybridized carbons (Fsp3) is 0.632. The SMILES string of the molecule is COC1(C)C[C@H]2C(=O)O[C@@H]([C@@H](C)COCc3ccccc3)C[C@H]2O1. The van der Waals surface area contributed by atoms with Crippen molar-refractivity contribution < 1.29 is 23.7 Å². The van der Waals surface area contributed by atoms with Crippen molar-refractivity contribution in [2.24, 2.45) is 11.8 Å². The quantitative estimate of drug-likeness (QED) is 0.749. The Morgan fingerprint density at radius 2 is 2.08 bits per heavy atom. The number of benzene rings is 1. The number of carbonyl (C=O) groups is 1. The predicted molar refractivity (Wildman–Crippen MR) is 88.2 cm³/mol. The first-order valence-electron chi connectivity index (χ1n) is 8.56. The molecule has 132 valence electrons. The Hall–Kier alpha value is -1.43. The van der Waals surface area contributed by atoms with E-state index in [-0.39, 0.29) is 30.0 Å². The maximum Gasteiger partial charge on any atom is 0.312 e. The van der Waals surface area contributed by atoms with Crippen molar-refractivity contribution in [3.63, 3.8) is 0 Å². The van der Waals surface area contributed by atoms with Gasteiger partial charge in [-0.2, -0.15) is 0 Å². The number of rotatable bonds is 6. The fourth-order valence-electron chi connectivity index (χ4n) is 3.47. The lowest BCUT2D eigenvalue weighted by molar-refractivity contribution is -0.209.